The van der Waals surface area contributed by atoms with E-state index in [-0.39, 0.29) is 22.3 Å². The predicted octanol–water partition coefficient (Wildman–Crippen LogP) is 3.55. The van der Waals surface area contributed by atoms with E-state index in [0.29, 0.717) is 42.5 Å². The molecule has 1 aliphatic heterocycles. The maximum Gasteiger partial charge on any atom is 0.341 e. The Balaban J connectivity index is 1.53. The fraction of sp³-hybridized carbons (Fsp3) is 0.240. The summed E-state index contributed by atoms with van der Waals surface area (Å²) in [6, 6.07) is 8.48. The quantitative estimate of drug-likeness (QED) is 0.450. The summed E-state index contributed by atoms with van der Waals surface area (Å²) in [5.74, 6) is -2.31. The number of aliphatic hydroxyl groups is 1. The predicted molar refractivity (Wildman–Crippen MR) is 123 cm³/mol. The van der Waals surface area contributed by atoms with Crippen molar-refractivity contribution in [3.63, 3.8) is 0 Å². The smallest absolute Gasteiger partial charge is 0.341 e. The largest absolute Gasteiger partial charge is 0.477 e. The molecule has 0 unspecified atom stereocenters. The molecular formula is C25H21F2N3O4. The maximum absolute atomic E-state index is 15.3. The summed E-state index contributed by atoms with van der Waals surface area (Å²) in [6.07, 6.45) is 3.34. The van der Waals surface area contributed by atoms with E-state index in [0.717, 1.165) is 0 Å². The number of pyridine rings is 2. The van der Waals surface area contributed by atoms with E-state index in [1.807, 2.05) is 0 Å². The van der Waals surface area contributed by atoms with Crippen LogP contribution in [-0.2, 0) is 12.6 Å². The van der Waals surface area contributed by atoms with E-state index in [1.165, 1.54) is 35.2 Å². The van der Waals surface area contributed by atoms with Gasteiger partial charge >= 0.3 is 5.97 Å². The number of aryl methyl sites for hydroxylation is 1. The Kier molecular flexibility index (Phi) is 5.09. The Bertz CT molecular complexity index is 1510. The molecule has 174 valence electrons. The van der Waals surface area contributed by atoms with Crippen molar-refractivity contribution in [2.24, 2.45) is 7.05 Å². The third kappa shape index (κ3) is 3.49. The summed E-state index contributed by atoms with van der Waals surface area (Å²) in [5, 5.41) is 20.8. The number of hydrogen-bond acceptors (Lipinski definition) is 5. The molecule has 0 amide bonds. The lowest BCUT2D eigenvalue weighted by atomic mass is 9.84. The molecule has 0 saturated carbocycles. The van der Waals surface area contributed by atoms with Crippen LogP contribution in [0.3, 0.4) is 0 Å². The highest BCUT2D eigenvalue weighted by molar-refractivity contribution is 6.07. The first-order chi connectivity index (χ1) is 16.2. The first-order valence-corrected chi connectivity index (χ1v) is 10.8. The first-order valence-electron chi connectivity index (χ1n) is 10.8. The van der Waals surface area contributed by atoms with Crippen molar-refractivity contribution >= 4 is 33.5 Å². The number of rotatable bonds is 3. The molecule has 0 bridgehead atoms. The molecule has 1 aliphatic rings. The van der Waals surface area contributed by atoms with E-state index >= 15 is 4.39 Å². The molecule has 5 rings (SSSR count). The average molecular weight is 465 g/mol. The van der Waals surface area contributed by atoms with Crippen LogP contribution < -0.4 is 10.3 Å². The number of aromatic carboxylic acids is 1. The van der Waals surface area contributed by atoms with Crippen molar-refractivity contribution in [3.05, 3.63) is 81.8 Å². The Morgan fingerprint density at radius 2 is 1.79 bits per heavy atom. The SMILES string of the molecule is Cn1cc(C(=O)O)c(=O)c2c3cc(F)c(N4CCC(O)(c5ccc(F)cc5)CC4)cc3ncc21. The molecule has 2 aromatic heterocycles. The molecule has 2 N–H and O–H groups in total. The first kappa shape index (κ1) is 22.0. The minimum atomic E-state index is -1.36. The van der Waals surface area contributed by atoms with Crippen LogP contribution in [-0.4, -0.2) is 38.8 Å². The van der Waals surface area contributed by atoms with Crippen molar-refractivity contribution in [1.82, 2.24) is 9.55 Å². The molecule has 0 atom stereocenters. The average Bonchev–Trinajstić information content (AvgIpc) is 2.81. The topological polar surface area (TPSA) is 95.7 Å². The number of carbonyl (C=O) groups is 1. The van der Waals surface area contributed by atoms with E-state index in [2.05, 4.69) is 4.98 Å². The molecule has 7 nitrogen and oxygen atoms in total. The number of fused-ring (bicyclic) bond motifs is 3. The second kappa shape index (κ2) is 7.88. The Labute approximate surface area is 192 Å². The van der Waals surface area contributed by atoms with Crippen LogP contribution in [0.5, 0.6) is 0 Å². The van der Waals surface area contributed by atoms with Gasteiger partial charge in [-0.25, -0.2) is 13.6 Å². The number of anilines is 1. The lowest BCUT2D eigenvalue weighted by Crippen LogP contribution is -2.43. The molecule has 9 heteroatoms. The normalized spacial score (nSPS) is 15.7. The Hall–Kier alpha value is -3.85. The van der Waals surface area contributed by atoms with Crippen LogP contribution in [0.2, 0.25) is 0 Å². The third-order valence-electron chi connectivity index (χ3n) is 6.63. The van der Waals surface area contributed by atoms with Crippen molar-refractivity contribution in [3.8, 4) is 0 Å². The lowest BCUT2D eigenvalue weighted by molar-refractivity contribution is 0.0116. The van der Waals surface area contributed by atoms with Crippen LogP contribution in [0.1, 0.15) is 28.8 Å². The molecule has 34 heavy (non-hydrogen) atoms. The zero-order valence-electron chi connectivity index (χ0n) is 18.3. The Morgan fingerprint density at radius 1 is 1.12 bits per heavy atom. The van der Waals surface area contributed by atoms with Gasteiger partial charge in [0, 0.05) is 31.7 Å². The van der Waals surface area contributed by atoms with Gasteiger partial charge in [-0.3, -0.25) is 9.78 Å². The number of nitrogens with zero attached hydrogens (tertiary/aromatic N) is 3. The summed E-state index contributed by atoms with van der Waals surface area (Å²) in [6.45, 7) is 0.712. The fourth-order valence-electron chi connectivity index (χ4n) is 4.71. The van der Waals surface area contributed by atoms with E-state index < -0.39 is 28.4 Å². The van der Waals surface area contributed by atoms with Crippen molar-refractivity contribution in [2.75, 3.05) is 18.0 Å². The summed E-state index contributed by atoms with van der Waals surface area (Å²) in [4.78, 5) is 30.5. The second-order valence-electron chi connectivity index (χ2n) is 8.65. The second-order valence-corrected chi connectivity index (χ2v) is 8.65. The number of piperidine rings is 1. The highest BCUT2D eigenvalue weighted by Gasteiger charge is 2.35. The molecular weight excluding hydrogens is 444 g/mol. The zero-order chi connectivity index (χ0) is 24.2. The summed E-state index contributed by atoms with van der Waals surface area (Å²) in [7, 11) is 1.60. The molecule has 0 radical (unpaired) electrons. The van der Waals surface area contributed by atoms with Gasteiger partial charge in [-0.05, 0) is 42.7 Å². The van der Waals surface area contributed by atoms with E-state index in [9.17, 15) is 24.2 Å². The Morgan fingerprint density at radius 3 is 2.44 bits per heavy atom. The van der Waals surface area contributed by atoms with Gasteiger partial charge in [-0.2, -0.15) is 0 Å². The van der Waals surface area contributed by atoms with Gasteiger partial charge < -0.3 is 19.7 Å². The van der Waals surface area contributed by atoms with Crippen molar-refractivity contribution in [1.29, 1.82) is 0 Å². The van der Waals surface area contributed by atoms with Gasteiger partial charge in [-0.15, -0.1) is 0 Å². The fourth-order valence-corrected chi connectivity index (χ4v) is 4.71. The number of carboxylic acid groups (broad SMARTS) is 1. The van der Waals surface area contributed by atoms with Gasteiger partial charge in [0.1, 0.15) is 17.2 Å². The minimum Gasteiger partial charge on any atom is -0.477 e. The summed E-state index contributed by atoms with van der Waals surface area (Å²) in [5.41, 5.74) is -0.561. The molecule has 2 aromatic carbocycles. The third-order valence-corrected chi connectivity index (χ3v) is 6.63. The molecule has 0 aliphatic carbocycles. The van der Waals surface area contributed by atoms with Crippen molar-refractivity contribution < 1.29 is 23.8 Å². The number of hydrogen-bond donors (Lipinski definition) is 2. The highest BCUT2D eigenvalue weighted by Crippen LogP contribution is 2.36. The number of halogens is 2. The number of carboxylic acids is 1. The van der Waals surface area contributed by atoms with Crippen LogP contribution in [0.15, 0.2) is 53.6 Å². The van der Waals surface area contributed by atoms with Gasteiger partial charge in [0.2, 0.25) is 5.43 Å². The van der Waals surface area contributed by atoms with E-state index in [1.54, 1.807) is 30.1 Å². The standard InChI is InChI=1S/C25H21F2N3O4/c1-29-13-17(24(32)33)23(31)22-16-10-18(27)20(11-19(16)28-12-21(22)29)30-8-6-25(34,7-9-30)14-2-4-15(26)5-3-14/h2-5,10-13,34H,6-9H2,1H3,(H,32,33). The monoisotopic (exact) mass is 465 g/mol. The number of aromatic nitrogens is 2. The van der Waals surface area contributed by atoms with E-state index in [4.69, 9.17) is 0 Å². The molecule has 3 heterocycles. The minimum absolute atomic E-state index is 0.0992. The lowest BCUT2D eigenvalue weighted by Gasteiger charge is -2.39. The van der Waals surface area contributed by atoms with Gasteiger partial charge in [0.15, 0.2) is 0 Å². The van der Waals surface area contributed by atoms with Crippen LogP contribution in [0, 0.1) is 11.6 Å². The van der Waals surface area contributed by atoms with Crippen LogP contribution in [0.25, 0.3) is 21.8 Å². The van der Waals surface area contributed by atoms with Crippen LogP contribution in [0.4, 0.5) is 14.5 Å². The van der Waals surface area contributed by atoms with Gasteiger partial charge in [0.05, 0.1) is 33.9 Å². The summed E-state index contributed by atoms with van der Waals surface area (Å²) < 4.78 is 30.0. The van der Waals surface area contributed by atoms with Gasteiger partial charge in [-0.1, -0.05) is 12.1 Å². The highest BCUT2D eigenvalue weighted by atomic mass is 19.1. The molecule has 1 saturated heterocycles. The summed E-state index contributed by atoms with van der Waals surface area (Å²) >= 11 is 0. The zero-order valence-corrected chi connectivity index (χ0v) is 18.3. The number of benzene rings is 2. The maximum atomic E-state index is 15.3. The molecule has 0 spiro atoms. The van der Waals surface area contributed by atoms with Crippen LogP contribution >= 0.6 is 0 Å². The molecule has 1 fully saturated rings. The molecule has 4 aromatic rings. The van der Waals surface area contributed by atoms with Crippen molar-refractivity contribution in [2.45, 2.75) is 18.4 Å². The van der Waals surface area contributed by atoms with Gasteiger partial charge in [0.25, 0.3) is 0 Å².